The summed E-state index contributed by atoms with van der Waals surface area (Å²) >= 11 is 11.7. The maximum atomic E-state index is 5.83. The maximum absolute atomic E-state index is 5.83. The molecule has 1 unspecified atom stereocenters. The molecule has 2 heteroatoms. The van der Waals surface area contributed by atoms with Crippen LogP contribution in [0.25, 0.3) is 0 Å². The first kappa shape index (κ1) is 9.88. The summed E-state index contributed by atoms with van der Waals surface area (Å²) in [6.45, 7) is 5.97. The van der Waals surface area contributed by atoms with Crippen molar-refractivity contribution in [2.24, 2.45) is 5.92 Å². The highest BCUT2D eigenvalue weighted by atomic mass is 35.5. The van der Waals surface area contributed by atoms with Gasteiger partial charge in [0.2, 0.25) is 0 Å². The van der Waals surface area contributed by atoms with E-state index in [0.717, 1.165) is 12.0 Å². The van der Waals surface area contributed by atoms with Crippen LogP contribution in [0.5, 0.6) is 0 Å². The van der Waals surface area contributed by atoms with E-state index in [-0.39, 0.29) is 0 Å². The van der Waals surface area contributed by atoms with E-state index in [1.807, 2.05) is 12.1 Å². The van der Waals surface area contributed by atoms with Gasteiger partial charge in [0.1, 0.15) is 0 Å². The van der Waals surface area contributed by atoms with E-state index < -0.39 is 0 Å². The highest BCUT2D eigenvalue weighted by Crippen LogP contribution is 2.20. The Morgan fingerprint density at radius 2 is 1.75 bits per heavy atom. The number of rotatable bonds is 2. The molecule has 0 fully saturated rings. The Kier molecular flexibility index (Phi) is 3.42. The SMILES string of the molecule is [CH2]C(C)Cc1cc(Cl)cc(Cl)c1. The molecule has 1 aromatic rings. The van der Waals surface area contributed by atoms with Gasteiger partial charge in [-0.3, -0.25) is 0 Å². The molecular weight excluding hydrogens is 191 g/mol. The van der Waals surface area contributed by atoms with Crippen molar-refractivity contribution in [2.45, 2.75) is 13.3 Å². The largest absolute Gasteiger partial charge is 0.0843 e. The lowest BCUT2D eigenvalue weighted by atomic mass is 10.0. The zero-order valence-corrected chi connectivity index (χ0v) is 8.49. The van der Waals surface area contributed by atoms with Gasteiger partial charge in [-0.05, 0) is 36.1 Å². The highest BCUT2D eigenvalue weighted by molar-refractivity contribution is 6.34. The molecule has 0 nitrogen and oxygen atoms in total. The second kappa shape index (κ2) is 4.15. The molecule has 1 rings (SSSR count). The Balaban J connectivity index is 2.85. The van der Waals surface area contributed by atoms with Crippen LogP contribution in [0.4, 0.5) is 0 Å². The number of halogens is 2. The van der Waals surface area contributed by atoms with Crippen LogP contribution in [0, 0.1) is 12.8 Å². The molecule has 0 aromatic heterocycles. The lowest BCUT2D eigenvalue weighted by molar-refractivity contribution is 0.719. The van der Waals surface area contributed by atoms with Gasteiger partial charge < -0.3 is 0 Å². The Morgan fingerprint density at radius 1 is 1.25 bits per heavy atom. The Bertz CT molecular complexity index is 246. The molecular formula is C10H11Cl2. The quantitative estimate of drug-likeness (QED) is 0.679. The summed E-state index contributed by atoms with van der Waals surface area (Å²) < 4.78 is 0. The van der Waals surface area contributed by atoms with Crippen LogP contribution in [-0.2, 0) is 6.42 Å². The predicted molar refractivity (Wildman–Crippen MR) is 54.7 cm³/mol. The minimum atomic E-state index is 0.388. The van der Waals surface area contributed by atoms with E-state index in [1.54, 1.807) is 6.07 Å². The van der Waals surface area contributed by atoms with E-state index in [9.17, 15) is 0 Å². The second-order valence-electron chi connectivity index (χ2n) is 3.09. The van der Waals surface area contributed by atoms with Crippen LogP contribution >= 0.6 is 23.2 Å². The summed E-state index contributed by atoms with van der Waals surface area (Å²) in [6.07, 6.45) is 0.917. The molecule has 0 heterocycles. The van der Waals surface area contributed by atoms with Gasteiger partial charge in [0, 0.05) is 10.0 Å². The van der Waals surface area contributed by atoms with E-state index in [4.69, 9.17) is 23.2 Å². The number of benzene rings is 1. The molecule has 0 bridgehead atoms. The summed E-state index contributed by atoms with van der Waals surface area (Å²) in [5.74, 6) is 0.388. The van der Waals surface area contributed by atoms with E-state index >= 15 is 0 Å². The van der Waals surface area contributed by atoms with Crippen LogP contribution < -0.4 is 0 Å². The summed E-state index contributed by atoms with van der Waals surface area (Å²) in [6, 6.07) is 5.59. The van der Waals surface area contributed by atoms with Crippen LogP contribution in [0.3, 0.4) is 0 Å². The van der Waals surface area contributed by atoms with E-state index in [0.29, 0.717) is 16.0 Å². The van der Waals surface area contributed by atoms with Crippen LogP contribution in [0.15, 0.2) is 18.2 Å². The molecule has 0 N–H and O–H groups in total. The normalized spacial score (nSPS) is 10.8. The van der Waals surface area contributed by atoms with Crippen molar-refractivity contribution in [3.63, 3.8) is 0 Å². The van der Waals surface area contributed by atoms with Gasteiger partial charge in [0.25, 0.3) is 0 Å². The third-order valence-corrected chi connectivity index (χ3v) is 1.94. The van der Waals surface area contributed by atoms with Gasteiger partial charge in [-0.25, -0.2) is 0 Å². The van der Waals surface area contributed by atoms with Crippen molar-refractivity contribution in [1.82, 2.24) is 0 Å². The van der Waals surface area contributed by atoms with Crippen molar-refractivity contribution in [1.29, 1.82) is 0 Å². The highest BCUT2D eigenvalue weighted by Gasteiger charge is 2.00. The molecule has 65 valence electrons. The third-order valence-electron chi connectivity index (χ3n) is 1.51. The van der Waals surface area contributed by atoms with Crippen LogP contribution in [0.2, 0.25) is 10.0 Å². The van der Waals surface area contributed by atoms with Gasteiger partial charge in [-0.15, -0.1) is 0 Å². The average molecular weight is 202 g/mol. The minimum Gasteiger partial charge on any atom is -0.0843 e. The fraction of sp³-hybridized carbons (Fsp3) is 0.300. The minimum absolute atomic E-state index is 0.388. The summed E-state index contributed by atoms with van der Waals surface area (Å²) in [7, 11) is 0. The topological polar surface area (TPSA) is 0 Å². The standard InChI is InChI=1S/C10H11Cl2/c1-7(2)3-8-4-9(11)6-10(12)5-8/h4-7H,1,3H2,2H3. The Hall–Kier alpha value is -0.200. The molecule has 12 heavy (non-hydrogen) atoms. The van der Waals surface area contributed by atoms with Crippen molar-refractivity contribution in [3.8, 4) is 0 Å². The molecule has 0 aliphatic rings. The molecule has 1 atom stereocenters. The molecule has 1 radical (unpaired) electrons. The first-order chi connectivity index (χ1) is 5.58. The Morgan fingerprint density at radius 3 is 2.17 bits per heavy atom. The van der Waals surface area contributed by atoms with Gasteiger partial charge in [-0.1, -0.05) is 37.0 Å². The Labute approximate surface area is 83.5 Å². The summed E-state index contributed by atoms with van der Waals surface area (Å²) in [5, 5.41) is 1.39. The molecule has 0 spiro atoms. The lowest BCUT2D eigenvalue weighted by Crippen LogP contribution is -1.93. The molecule has 0 saturated carbocycles. The van der Waals surface area contributed by atoms with Gasteiger partial charge >= 0.3 is 0 Å². The first-order valence-corrected chi connectivity index (χ1v) is 4.61. The summed E-state index contributed by atoms with van der Waals surface area (Å²) in [4.78, 5) is 0. The predicted octanol–water partition coefficient (Wildman–Crippen LogP) is 4.01. The fourth-order valence-electron chi connectivity index (χ4n) is 1.13. The number of hydrogen-bond donors (Lipinski definition) is 0. The van der Waals surface area contributed by atoms with E-state index in [1.165, 1.54) is 0 Å². The van der Waals surface area contributed by atoms with Crippen LogP contribution in [0.1, 0.15) is 12.5 Å². The second-order valence-corrected chi connectivity index (χ2v) is 3.96. The fourth-order valence-corrected chi connectivity index (χ4v) is 1.70. The molecule has 1 aromatic carbocycles. The van der Waals surface area contributed by atoms with Gasteiger partial charge in [0.15, 0.2) is 0 Å². The lowest BCUT2D eigenvalue weighted by Gasteiger charge is -2.05. The third kappa shape index (κ3) is 3.04. The van der Waals surface area contributed by atoms with Crippen molar-refractivity contribution >= 4 is 23.2 Å². The van der Waals surface area contributed by atoms with Crippen molar-refractivity contribution < 1.29 is 0 Å². The van der Waals surface area contributed by atoms with Gasteiger partial charge in [-0.2, -0.15) is 0 Å². The zero-order valence-electron chi connectivity index (χ0n) is 6.98. The molecule has 0 aliphatic carbocycles. The van der Waals surface area contributed by atoms with Crippen molar-refractivity contribution in [2.75, 3.05) is 0 Å². The molecule has 0 saturated heterocycles. The number of hydrogen-bond acceptors (Lipinski definition) is 0. The molecule has 0 aliphatic heterocycles. The first-order valence-electron chi connectivity index (χ1n) is 3.86. The van der Waals surface area contributed by atoms with Crippen molar-refractivity contribution in [3.05, 3.63) is 40.7 Å². The monoisotopic (exact) mass is 201 g/mol. The summed E-state index contributed by atoms with van der Waals surface area (Å²) in [5.41, 5.74) is 1.15. The zero-order chi connectivity index (χ0) is 9.14. The van der Waals surface area contributed by atoms with Crippen LogP contribution in [-0.4, -0.2) is 0 Å². The van der Waals surface area contributed by atoms with Gasteiger partial charge in [0.05, 0.1) is 0 Å². The smallest absolute Gasteiger partial charge is 0.0423 e. The average Bonchev–Trinajstić information content (AvgIpc) is 1.81. The molecule has 0 amide bonds. The van der Waals surface area contributed by atoms with E-state index in [2.05, 4.69) is 13.8 Å². The maximum Gasteiger partial charge on any atom is 0.0423 e.